The van der Waals surface area contributed by atoms with Crippen molar-refractivity contribution >= 4 is 5.91 Å². The highest BCUT2D eigenvalue weighted by molar-refractivity contribution is 5.95. The quantitative estimate of drug-likeness (QED) is 0.862. The number of pyridine rings is 1. The van der Waals surface area contributed by atoms with Crippen LogP contribution >= 0.6 is 0 Å². The number of carbonyl (C=O) groups is 1. The minimum atomic E-state index is -4.62. The van der Waals surface area contributed by atoms with Crippen LogP contribution in [-0.2, 0) is 4.79 Å². The number of nitrogens with zero attached hydrogens (tertiary/aromatic N) is 1. The van der Waals surface area contributed by atoms with E-state index in [-0.39, 0.29) is 17.6 Å². The molecule has 0 spiro atoms. The summed E-state index contributed by atoms with van der Waals surface area (Å²) < 4.78 is 40.5. The third kappa shape index (κ3) is 3.07. The lowest BCUT2D eigenvalue weighted by molar-refractivity contribution is -0.401. The van der Waals surface area contributed by atoms with Gasteiger partial charge < -0.3 is 15.5 Å². The molecule has 3 N–H and O–H groups in total. The first-order valence-corrected chi connectivity index (χ1v) is 8.43. The van der Waals surface area contributed by atoms with Gasteiger partial charge in [-0.1, -0.05) is 12.1 Å². The van der Waals surface area contributed by atoms with E-state index < -0.39 is 18.1 Å². The molecule has 1 saturated carbocycles. The highest BCUT2D eigenvalue weighted by Crippen LogP contribution is 2.40. The van der Waals surface area contributed by atoms with Gasteiger partial charge in [0.05, 0.1) is 5.70 Å². The molecule has 8 heteroatoms. The van der Waals surface area contributed by atoms with Crippen LogP contribution < -0.4 is 15.6 Å². The highest BCUT2D eigenvalue weighted by atomic mass is 19.4. The van der Waals surface area contributed by atoms with E-state index in [4.69, 9.17) is 0 Å². The largest absolute Gasteiger partial charge is 0.418 e. The molecule has 1 amide bonds. The highest BCUT2D eigenvalue weighted by Gasteiger charge is 2.48. The van der Waals surface area contributed by atoms with Crippen molar-refractivity contribution < 1.29 is 22.9 Å². The number of amides is 1. The van der Waals surface area contributed by atoms with E-state index in [0.717, 1.165) is 12.8 Å². The lowest BCUT2D eigenvalue weighted by atomic mass is 10.1. The fourth-order valence-electron chi connectivity index (χ4n) is 3.27. The number of fused-ring (bicyclic) bond motifs is 1. The summed E-state index contributed by atoms with van der Waals surface area (Å²) in [5.74, 6) is -0.375. The second-order valence-corrected chi connectivity index (χ2v) is 6.56. The van der Waals surface area contributed by atoms with E-state index in [9.17, 15) is 18.0 Å². The number of rotatable bonds is 4. The maximum atomic E-state index is 13.5. The molecule has 3 aliphatic rings. The van der Waals surface area contributed by atoms with Crippen molar-refractivity contribution in [2.45, 2.75) is 31.2 Å². The Morgan fingerprint density at radius 1 is 1.31 bits per heavy atom. The molecule has 5 nitrogen and oxygen atoms in total. The summed E-state index contributed by atoms with van der Waals surface area (Å²) in [6, 6.07) is 2.27. The molecule has 26 heavy (non-hydrogen) atoms. The number of aromatic nitrogens is 1. The number of halogens is 3. The summed E-state index contributed by atoms with van der Waals surface area (Å²) in [5, 5.41) is 5.24. The van der Waals surface area contributed by atoms with Crippen LogP contribution in [0.4, 0.5) is 13.2 Å². The van der Waals surface area contributed by atoms with Crippen molar-refractivity contribution in [3.63, 3.8) is 0 Å². The summed E-state index contributed by atoms with van der Waals surface area (Å²) in [4.78, 5) is 17.2. The standard InChI is InChI=1S/C18H17F3N4O/c19-18(20,21)15(12-5-1-3-9-22-12)24-17(26)14-13-6-2-4-10-25(13)16(23-14)11-7-8-11/h1-6,9-11,15-16,23H,7-8H2,(H,24,26)/p+1. The molecule has 0 aromatic carbocycles. The Kier molecular flexibility index (Phi) is 3.97. The predicted octanol–water partition coefficient (Wildman–Crippen LogP) is 2.16. The van der Waals surface area contributed by atoms with Gasteiger partial charge in [0.1, 0.15) is 11.9 Å². The van der Waals surface area contributed by atoms with Gasteiger partial charge in [-0.15, -0.1) is 0 Å². The van der Waals surface area contributed by atoms with Gasteiger partial charge >= 0.3 is 6.18 Å². The lowest BCUT2D eigenvalue weighted by Gasteiger charge is -2.25. The molecule has 0 saturated heterocycles. The molecule has 2 aliphatic heterocycles. The predicted molar refractivity (Wildman–Crippen MR) is 86.7 cm³/mol. The summed E-state index contributed by atoms with van der Waals surface area (Å²) in [7, 11) is 0. The molecule has 2 atom stereocenters. The molecule has 136 valence electrons. The number of carbonyl (C=O) groups excluding carboxylic acids is 1. The fourth-order valence-corrected chi connectivity index (χ4v) is 3.27. The Labute approximate surface area is 148 Å². The first kappa shape index (κ1) is 16.7. The third-order valence-electron chi connectivity index (χ3n) is 4.68. The van der Waals surface area contributed by atoms with Gasteiger partial charge in [0, 0.05) is 18.3 Å². The molecule has 0 bridgehead atoms. The molecule has 2 unspecified atom stereocenters. The summed E-state index contributed by atoms with van der Waals surface area (Å²) in [5.41, 5.74) is 0.652. The van der Waals surface area contributed by atoms with E-state index in [1.807, 2.05) is 17.2 Å². The Bertz CT molecular complexity index is 796. The molecular weight excluding hydrogens is 345 g/mol. The van der Waals surface area contributed by atoms with Crippen LogP contribution in [0.2, 0.25) is 0 Å². The van der Waals surface area contributed by atoms with E-state index in [2.05, 4.69) is 15.6 Å². The summed E-state index contributed by atoms with van der Waals surface area (Å²) >= 11 is 0. The van der Waals surface area contributed by atoms with Crippen LogP contribution in [-0.4, -0.2) is 23.1 Å². The van der Waals surface area contributed by atoms with Crippen molar-refractivity contribution in [2.75, 3.05) is 0 Å². The van der Waals surface area contributed by atoms with Crippen molar-refractivity contribution in [3.8, 4) is 0 Å². The fraction of sp³-hybridized carbons (Fsp3) is 0.333. The average molecular weight is 363 g/mol. The molecule has 1 aromatic heterocycles. The number of hydrogen-bond donors (Lipinski definition) is 2. The van der Waals surface area contributed by atoms with Crippen LogP contribution in [0.25, 0.3) is 0 Å². The van der Waals surface area contributed by atoms with Crippen LogP contribution in [0, 0.1) is 5.92 Å². The second kappa shape index (κ2) is 6.19. The number of alkyl halides is 3. The molecule has 4 rings (SSSR count). The normalized spacial score (nSPS) is 22.9. The smallest absolute Gasteiger partial charge is 0.358 e. The summed E-state index contributed by atoms with van der Waals surface area (Å²) in [6.45, 7) is 0. The SMILES string of the molecule is O=C(NC(c1cccc[nH+]1)C(F)(F)F)C1=C2C=CC=CN2C(C2CC2)N1. The van der Waals surface area contributed by atoms with Gasteiger partial charge in [0.15, 0.2) is 6.20 Å². The average Bonchev–Trinajstić information content (AvgIpc) is 3.39. The van der Waals surface area contributed by atoms with Crippen molar-refractivity contribution in [3.05, 3.63) is 65.9 Å². The Morgan fingerprint density at radius 3 is 2.77 bits per heavy atom. The van der Waals surface area contributed by atoms with Crippen LogP contribution in [0.5, 0.6) is 0 Å². The van der Waals surface area contributed by atoms with E-state index in [0.29, 0.717) is 11.6 Å². The van der Waals surface area contributed by atoms with Crippen LogP contribution in [0.15, 0.2) is 60.2 Å². The first-order valence-electron chi connectivity index (χ1n) is 8.43. The lowest BCUT2D eigenvalue weighted by Crippen LogP contribution is -2.44. The van der Waals surface area contributed by atoms with Gasteiger partial charge in [-0.2, -0.15) is 13.2 Å². The number of hydrogen-bond acceptors (Lipinski definition) is 3. The van der Waals surface area contributed by atoms with Crippen molar-refractivity contribution in [1.82, 2.24) is 15.5 Å². The monoisotopic (exact) mass is 363 g/mol. The number of aromatic amines is 1. The van der Waals surface area contributed by atoms with Crippen molar-refractivity contribution in [2.24, 2.45) is 5.92 Å². The Hall–Kier alpha value is -2.77. The molecular formula is C18H18F3N4O+. The molecule has 3 heterocycles. The van der Waals surface area contributed by atoms with Gasteiger partial charge in [-0.05, 0) is 30.9 Å². The Morgan fingerprint density at radius 2 is 2.12 bits per heavy atom. The zero-order chi connectivity index (χ0) is 18.3. The topological polar surface area (TPSA) is 58.5 Å². The van der Waals surface area contributed by atoms with E-state index in [1.165, 1.54) is 18.3 Å². The van der Waals surface area contributed by atoms with Crippen LogP contribution in [0.1, 0.15) is 24.6 Å². The van der Waals surface area contributed by atoms with Crippen molar-refractivity contribution in [1.29, 1.82) is 0 Å². The molecule has 0 radical (unpaired) electrons. The number of nitrogens with one attached hydrogen (secondary N) is 3. The van der Waals surface area contributed by atoms with Crippen LogP contribution in [0.3, 0.4) is 0 Å². The Balaban J connectivity index is 1.60. The van der Waals surface area contributed by atoms with E-state index in [1.54, 1.807) is 18.2 Å². The van der Waals surface area contributed by atoms with Gasteiger partial charge in [-0.25, -0.2) is 4.98 Å². The van der Waals surface area contributed by atoms with Gasteiger partial charge in [-0.3, -0.25) is 4.79 Å². The number of allylic oxidation sites excluding steroid dienone is 3. The second-order valence-electron chi connectivity index (χ2n) is 6.56. The minimum Gasteiger partial charge on any atom is -0.358 e. The molecule has 1 fully saturated rings. The first-order chi connectivity index (χ1) is 12.4. The zero-order valence-electron chi connectivity index (χ0n) is 13.8. The minimum absolute atomic E-state index is 0.0837. The molecule has 1 aromatic rings. The van der Waals surface area contributed by atoms with Gasteiger partial charge in [0.2, 0.25) is 11.7 Å². The third-order valence-corrected chi connectivity index (χ3v) is 4.68. The number of H-pyrrole nitrogens is 1. The maximum Gasteiger partial charge on any atom is 0.418 e. The van der Waals surface area contributed by atoms with Gasteiger partial charge in [0.25, 0.3) is 5.91 Å². The maximum absolute atomic E-state index is 13.5. The summed E-state index contributed by atoms with van der Waals surface area (Å²) in [6.07, 6.45) is 5.97. The van der Waals surface area contributed by atoms with E-state index >= 15 is 0 Å². The molecule has 1 aliphatic carbocycles. The zero-order valence-corrected chi connectivity index (χ0v) is 13.8.